The lowest BCUT2D eigenvalue weighted by Gasteiger charge is -2.69. The Morgan fingerprint density at radius 3 is 2.28 bits per heavy atom. The van der Waals surface area contributed by atoms with E-state index in [2.05, 4.69) is 27.7 Å². The van der Waals surface area contributed by atoms with Crippen LogP contribution in [0.4, 0.5) is 4.39 Å². The Bertz CT molecular complexity index is 1430. The molecular formula is C38H51FO7. The Balaban J connectivity index is 1.47. The number of benzene rings is 1. The Hall–Kier alpha value is -3.00. The molecule has 0 aromatic heterocycles. The number of hydrogen-bond acceptors (Lipinski definition) is 6. The van der Waals surface area contributed by atoms with Crippen molar-refractivity contribution in [3.8, 4) is 0 Å². The SMILES string of the molecule is CC(=O)O[C@H]1C[C@@]2(C)[C@@H](C[C@@H](O)[C@H]3[C@@]4(C)CC[C@@H](OC(=O)c5ccc(F)cc5)[C@@H](C)[C@@H]4CC[C@@]32C)/C1=C(\CCC=C(C)C)C(=O)O. The zero-order valence-corrected chi connectivity index (χ0v) is 28.4. The van der Waals surface area contributed by atoms with E-state index in [9.17, 15) is 29.0 Å². The topological polar surface area (TPSA) is 110 Å². The number of carbonyl (C=O) groups excluding carboxylic acids is 2. The molecule has 8 heteroatoms. The van der Waals surface area contributed by atoms with Crippen LogP contribution in [0.2, 0.25) is 0 Å². The summed E-state index contributed by atoms with van der Waals surface area (Å²) in [5.74, 6) is -2.29. The van der Waals surface area contributed by atoms with Gasteiger partial charge in [0.05, 0.1) is 11.7 Å². The molecule has 2 N–H and O–H groups in total. The summed E-state index contributed by atoms with van der Waals surface area (Å²) >= 11 is 0. The number of carboxylic acid groups (broad SMARTS) is 1. The summed E-state index contributed by atoms with van der Waals surface area (Å²) in [4.78, 5) is 38.1. The number of hydrogen-bond donors (Lipinski definition) is 2. The van der Waals surface area contributed by atoms with Gasteiger partial charge in [0.2, 0.25) is 0 Å². The second kappa shape index (κ2) is 12.6. The van der Waals surface area contributed by atoms with Crippen LogP contribution >= 0.6 is 0 Å². The number of aliphatic carboxylic acids is 1. The molecule has 4 fully saturated rings. The summed E-state index contributed by atoms with van der Waals surface area (Å²) in [6, 6.07) is 5.41. The third-order valence-electron chi connectivity index (χ3n) is 12.9. The molecule has 1 aromatic rings. The Morgan fingerprint density at radius 2 is 1.67 bits per heavy atom. The third-order valence-corrected chi connectivity index (χ3v) is 12.9. The van der Waals surface area contributed by atoms with Crippen molar-refractivity contribution in [2.45, 2.75) is 118 Å². The van der Waals surface area contributed by atoms with Gasteiger partial charge in [0.25, 0.3) is 0 Å². The zero-order valence-electron chi connectivity index (χ0n) is 28.4. The average Bonchev–Trinajstić information content (AvgIpc) is 3.23. The maximum atomic E-state index is 13.4. The molecule has 46 heavy (non-hydrogen) atoms. The Kier molecular flexibility index (Phi) is 9.37. The highest BCUT2D eigenvalue weighted by Gasteiger charge is 2.71. The van der Waals surface area contributed by atoms with Crippen LogP contribution < -0.4 is 0 Å². The van der Waals surface area contributed by atoms with Crippen molar-refractivity contribution in [3.05, 3.63) is 58.4 Å². The van der Waals surface area contributed by atoms with E-state index in [1.165, 1.54) is 31.2 Å². The summed E-state index contributed by atoms with van der Waals surface area (Å²) in [5.41, 5.74) is 1.46. The molecule has 10 atom stereocenters. The molecule has 252 valence electrons. The van der Waals surface area contributed by atoms with Crippen LogP contribution in [0, 0.1) is 45.7 Å². The second-order valence-corrected chi connectivity index (χ2v) is 15.5. The van der Waals surface area contributed by atoms with E-state index in [0.29, 0.717) is 48.8 Å². The minimum absolute atomic E-state index is 0.0620. The largest absolute Gasteiger partial charge is 0.478 e. The van der Waals surface area contributed by atoms with E-state index in [1.807, 2.05) is 19.9 Å². The molecule has 0 heterocycles. The molecule has 0 aliphatic heterocycles. The van der Waals surface area contributed by atoms with Crippen LogP contribution in [-0.2, 0) is 19.1 Å². The van der Waals surface area contributed by atoms with E-state index in [1.54, 1.807) is 0 Å². The monoisotopic (exact) mass is 638 g/mol. The zero-order chi connectivity index (χ0) is 33.8. The smallest absolute Gasteiger partial charge is 0.338 e. The number of carbonyl (C=O) groups is 3. The van der Waals surface area contributed by atoms with Crippen molar-refractivity contribution in [1.82, 2.24) is 0 Å². The molecule has 0 saturated heterocycles. The van der Waals surface area contributed by atoms with Crippen molar-refractivity contribution in [1.29, 1.82) is 0 Å². The van der Waals surface area contributed by atoms with Gasteiger partial charge in [-0.1, -0.05) is 39.3 Å². The molecule has 0 unspecified atom stereocenters. The second-order valence-electron chi connectivity index (χ2n) is 15.5. The Morgan fingerprint density at radius 1 is 1.00 bits per heavy atom. The molecule has 5 rings (SSSR count). The summed E-state index contributed by atoms with van der Waals surface area (Å²) < 4.78 is 25.4. The molecular weight excluding hydrogens is 587 g/mol. The number of fused-ring (bicyclic) bond motifs is 5. The van der Waals surface area contributed by atoms with Crippen molar-refractivity contribution in [2.75, 3.05) is 0 Å². The van der Waals surface area contributed by atoms with E-state index in [0.717, 1.165) is 24.8 Å². The van der Waals surface area contributed by atoms with Gasteiger partial charge in [-0.15, -0.1) is 0 Å². The lowest BCUT2D eigenvalue weighted by atomic mass is 9.36. The maximum Gasteiger partial charge on any atom is 0.338 e. The standard InChI is InChI=1S/C38H51FO7/c1-21(2)9-8-10-26(34(42)43)32-28-19-29(41)33-36(5)17-16-30(46-35(44)24-11-13-25(39)14-12-24)22(3)27(36)15-18-37(33,6)38(28,7)20-31(32)45-23(4)40/h9,11-14,22,27-31,33,41H,8,10,15-20H2,1-7H3,(H,42,43)/b32-26-/t22-,27-,28-,29+,30+,31-,33-,36-,37-,38-/m0/s1. The van der Waals surface area contributed by atoms with Gasteiger partial charge < -0.3 is 19.7 Å². The highest BCUT2D eigenvalue weighted by Crippen LogP contribution is 2.74. The minimum atomic E-state index is -0.988. The van der Waals surface area contributed by atoms with Crippen molar-refractivity contribution >= 4 is 17.9 Å². The summed E-state index contributed by atoms with van der Waals surface area (Å²) in [5, 5.41) is 22.6. The van der Waals surface area contributed by atoms with E-state index >= 15 is 0 Å². The van der Waals surface area contributed by atoms with Gasteiger partial charge in [0.1, 0.15) is 18.0 Å². The highest BCUT2D eigenvalue weighted by atomic mass is 19.1. The van der Waals surface area contributed by atoms with Crippen LogP contribution in [0.3, 0.4) is 0 Å². The number of aliphatic hydroxyl groups is 1. The van der Waals surface area contributed by atoms with Gasteiger partial charge in [-0.05, 0) is 135 Å². The van der Waals surface area contributed by atoms with Gasteiger partial charge in [-0.3, -0.25) is 4.79 Å². The van der Waals surface area contributed by atoms with Crippen LogP contribution in [-0.4, -0.2) is 46.4 Å². The van der Waals surface area contributed by atoms with Crippen LogP contribution in [0.1, 0.15) is 110 Å². The predicted molar refractivity (Wildman–Crippen MR) is 172 cm³/mol. The van der Waals surface area contributed by atoms with Crippen LogP contribution in [0.5, 0.6) is 0 Å². The Labute approximate surface area is 272 Å². The number of ether oxygens (including phenoxy) is 2. The summed E-state index contributed by atoms with van der Waals surface area (Å²) in [7, 11) is 0. The first-order valence-electron chi connectivity index (χ1n) is 16.9. The molecule has 0 amide bonds. The minimum Gasteiger partial charge on any atom is -0.478 e. The molecule has 4 aliphatic rings. The van der Waals surface area contributed by atoms with Gasteiger partial charge in [-0.2, -0.15) is 0 Å². The van der Waals surface area contributed by atoms with Crippen molar-refractivity contribution in [3.63, 3.8) is 0 Å². The molecule has 0 spiro atoms. The fourth-order valence-electron chi connectivity index (χ4n) is 10.7. The van der Waals surface area contributed by atoms with Crippen molar-refractivity contribution in [2.24, 2.45) is 39.9 Å². The quantitative estimate of drug-likeness (QED) is 0.179. The molecule has 1 aromatic carbocycles. The predicted octanol–water partition coefficient (Wildman–Crippen LogP) is 7.67. The number of aliphatic hydroxyl groups excluding tert-OH is 1. The van der Waals surface area contributed by atoms with Gasteiger partial charge >= 0.3 is 17.9 Å². The molecule has 7 nitrogen and oxygen atoms in total. The lowest BCUT2D eigenvalue weighted by molar-refractivity contribution is -0.234. The number of allylic oxidation sites excluding steroid dienone is 2. The van der Waals surface area contributed by atoms with Crippen LogP contribution in [0.25, 0.3) is 0 Å². The number of esters is 2. The summed E-state index contributed by atoms with van der Waals surface area (Å²) in [6.45, 7) is 14.3. The first kappa shape index (κ1) is 34.3. The molecule has 4 saturated carbocycles. The summed E-state index contributed by atoms with van der Waals surface area (Å²) in [6.07, 6.45) is 5.46. The van der Waals surface area contributed by atoms with Crippen LogP contribution in [0.15, 0.2) is 47.1 Å². The molecule has 0 bridgehead atoms. The first-order valence-corrected chi connectivity index (χ1v) is 16.9. The number of halogens is 1. The number of rotatable bonds is 7. The van der Waals surface area contributed by atoms with Crippen molar-refractivity contribution < 1.29 is 38.5 Å². The lowest BCUT2D eigenvalue weighted by Crippen LogP contribution is -2.65. The number of carboxylic acids is 1. The fraction of sp³-hybridized carbons (Fsp3) is 0.658. The highest BCUT2D eigenvalue weighted by molar-refractivity contribution is 5.89. The van der Waals surface area contributed by atoms with E-state index in [-0.39, 0.29) is 40.6 Å². The molecule has 0 radical (unpaired) electrons. The van der Waals surface area contributed by atoms with Gasteiger partial charge in [0.15, 0.2) is 0 Å². The first-order chi connectivity index (χ1) is 21.5. The normalized spacial score (nSPS) is 39.3. The van der Waals surface area contributed by atoms with Gasteiger partial charge in [-0.25, -0.2) is 14.0 Å². The van der Waals surface area contributed by atoms with E-state index in [4.69, 9.17) is 9.47 Å². The maximum absolute atomic E-state index is 13.4. The average molecular weight is 639 g/mol. The molecule has 4 aliphatic carbocycles. The van der Waals surface area contributed by atoms with Gasteiger partial charge in [0, 0.05) is 12.5 Å². The fourth-order valence-corrected chi connectivity index (χ4v) is 10.7. The van der Waals surface area contributed by atoms with E-state index < -0.39 is 41.3 Å². The third kappa shape index (κ3) is 5.73.